The summed E-state index contributed by atoms with van der Waals surface area (Å²) in [6, 6.07) is 0. The van der Waals surface area contributed by atoms with Gasteiger partial charge in [-0.25, -0.2) is 0 Å². The summed E-state index contributed by atoms with van der Waals surface area (Å²) in [4.78, 5) is 14.4. The highest BCUT2D eigenvalue weighted by Gasteiger charge is 2.26. The van der Waals surface area contributed by atoms with Crippen molar-refractivity contribution >= 4 is 5.91 Å². The lowest BCUT2D eigenvalue weighted by Gasteiger charge is -2.32. The molecule has 0 aromatic carbocycles. The Balaban J connectivity index is 2.70. The number of rotatable bonds is 8. The molecule has 1 amide bonds. The number of carbonyl (C=O) groups is 1. The Morgan fingerprint density at radius 2 is 2.05 bits per heavy atom. The Kier molecular flexibility index (Phi) is 6.40. The van der Waals surface area contributed by atoms with Crippen molar-refractivity contribution in [2.75, 3.05) is 27.2 Å². The van der Waals surface area contributed by atoms with E-state index in [0.29, 0.717) is 12.2 Å². The zero-order chi connectivity index (χ0) is 16.0. The van der Waals surface area contributed by atoms with Crippen LogP contribution in [0.15, 0.2) is 4.52 Å². The predicted molar refractivity (Wildman–Crippen MR) is 84.5 cm³/mol. The van der Waals surface area contributed by atoms with E-state index in [2.05, 4.69) is 43.3 Å². The molecule has 0 aliphatic heterocycles. The number of aromatic nitrogens is 1. The summed E-state index contributed by atoms with van der Waals surface area (Å²) in [5, 5.41) is 6.92. The fourth-order valence-corrected chi connectivity index (χ4v) is 2.88. The smallest absolute Gasteiger partial charge is 0.273 e. The summed E-state index contributed by atoms with van der Waals surface area (Å²) in [7, 11) is 4.12. The van der Waals surface area contributed by atoms with Gasteiger partial charge in [-0.3, -0.25) is 4.79 Å². The van der Waals surface area contributed by atoms with Gasteiger partial charge in [0.15, 0.2) is 5.69 Å². The van der Waals surface area contributed by atoms with Gasteiger partial charge >= 0.3 is 0 Å². The van der Waals surface area contributed by atoms with E-state index in [0.717, 1.165) is 37.1 Å². The van der Waals surface area contributed by atoms with Gasteiger partial charge in [-0.15, -0.1) is 0 Å². The van der Waals surface area contributed by atoms with Crippen molar-refractivity contribution < 1.29 is 9.32 Å². The highest BCUT2D eigenvalue weighted by atomic mass is 16.5. The zero-order valence-corrected chi connectivity index (χ0v) is 14.2. The van der Waals surface area contributed by atoms with E-state index >= 15 is 0 Å². The van der Waals surface area contributed by atoms with Crippen LogP contribution in [0.1, 0.15) is 55.4 Å². The van der Waals surface area contributed by atoms with Crippen molar-refractivity contribution in [2.45, 2.75) is 47.0 Å². The van der Waals surface area contributed by atoms with Gasteiger partial charge in [-0.2, -0.15) is 0 Å². The van der Waals surface area contributed by atoms with Gasteiger partial charge in [0.05, 0.1) is 0 Å². The third-order valence-electron chi connectivity index (χ3n) is 3.78. The van der Waals surface area contributed by atoms with Crippen molar-refractivity contribution in [2.24, 2.45) is 5.41 Å². The maximum absolute atomic E-state index is 12.3. The minimum Gasteiger partial charge on any atom is -0.360 e. The third-order valence-corrected chi connectivity index (χ3v) is 3.78. The van der Waals surface area contributed by atoms with Crippen molar-refractivity contribution in [3.05, 3.63) is 17.0 Å². The lowest BCUT2D eigenvalue weighted by Crippen LogP contribution is -2.42. The molecule has 1 unspecified atom stereocenters. The molecule has 0 fully saturated rings. The standard InChI is InChI=1S/C16H29N3O2/c1-7-9-16(4,11-19(5)6)10-17-15(20)14-12(3)13(8-2)21-18-14/h7-11H2,1-6H3,(H,17,20). The predicted octanol–water partition coefficient (Wildman–Crippen LogP) is 2.64. The van der Waals surface area contributed by atoms with Gasteiger partial charge in [0.1, 0.15) is 5.76 Å². The molecule has 0 aliphatic carbocycles. The Hall–Kier alpha value is -1.36. The summed E-state index contributed by atoms with van der Waals surface area (Å²) in [6.07, 6.45) is 2.92. The molecular weight excluding hydrogens is 266 g/mol. The van der Waals surface area contributed by atoms with Crippen LogP contribution in [0.4, 0.5) is 0 Å². The van der Waals surface area contributed by atoms with Gasteiger partial charge in [-0.1, -0.05) is 32.3 Å². The molecule has 0 saturated carbocycles. The first-order valence-electron chi connectivity index (χ1n) is 7.71. The average Bonchev–Trinajstić information content (AvgIpc) is 2.76. The number of nitrogens with zero attached hydrogens (tertiary/aromatic N) is 2. The number of aryl methyl sites for hydroxylation is 1. The van der Waals surface area contributed by atoms with Crippen LogP contribution in [0.25, 0.3) is 0 Å². The van der Waals surface area contributed by atoms with E-state index in [1.807, 2.05) is 13.8 Å². The first-order chi connectivity index (χ1) is 9.83. The molecule has 5 nitrogen and oxygen atoms in total. The molecule has 1 rings (SSSR count). The molecule has 0 radical (unpaired) electrons. The van der Waals surface area contributed by atoms with Gasteiger partial charge in [0.25, 0.3) is 5.91 Å². The first kappa shape index (κ1) is 17.7. The minimum atomic E-state index is -0.142. The summed E-state index contributed by atoms with van der Waals surface area (Å²) in [6.45, 7) is 9.85. The normalized spacial score (nSPS) is 14.2. The monoisotopic (exact) mass is 295 g/mol. The van der Waals surface area contributed by atoms with E-state index in [-0.39, 0.29) is 11.3 Å². The molecule has 21 heavy (non-hydrogen) atoms. The molecule has 1 atom stereocenters. The summed E-state index contributed by atoms with van der Waals surface area (Å²) >= 11 is 0. The highest BCUT2D eigenvalue weighted by Crippen LogP contribution is 2.23. The van der Waals surface area contributed by atoms with Crippen LogP contribution in [0, 0.1) is 12.3 Å². The zero-order valence-electron chi connectivity index (χ0n) is 14.2. The second-order valence-corrected chi connectivity index (χ2v) is 6.41. The highest BCUT2D eigenvalue weighted by molar-refractivity contribution is 5.93. The summed E-state index contributed by atoms with van der Waals surface area (Å²) in [5.74, 6) is 0.641. The second kappa shape index (κ2) is 7.59. The van der Waals surface area contributed by atoms with Gasteiger partial charge in [0.2, 0.25) is 0 Å². The largest absolute Gasteiger partial charge is 0.360 e. The molecular formula is C16H29N3O2. The second-order valence-electron chi connectivity index (χ2n) is 6.41. The maximum atomic E-state index is 12.3. The molecule has 1 N–H and O–H groups in total. The molecule has 1 heterocycles. The molecule has 1 aromatic heterocycles. The SMILES string of the molecule is CCCC(C)(CNC(=O)c1noc(CC)c1C)CN(C)C. The topological polar surface area (TPSA) is 58.4 Å². The number of nitrogens with one attached hydrogen (secondary N) is 1. The van der Waals surface area contributed by atoms with Crippen molar-refractivity contribution in [3.63, 3.8) is 0 Å². The van der Waals surface area contributed by atoms with Crippen LogP contribution < -0.4 is 5.32 Å². The Bertz CT molecular complexity index is 468. The van der Waals surface area contributed by atoms with Gasteiger partial charge in [-0.05, 0) is 32.9 Å². The molecule has 5 heteroatoms. The number of carbonyl (C=O) groups excluding carboxylic acids is 1. The molecule has 1 aromatic rings. The van der Waals surface area contributed by atoms with Crippen molar-refractivity contribution in [1.29, 1.82) is 0 Å². The minimum absolute atomic E-state index is 0.0686. The number of hydrogen-bond acceptors (Lipinski definition) is 4. The molecule has 0 bridgehead atoms. The first-order valence-corrected chi connectivity index (χ1v) is 7.71. The Morgan fingerprint density at radius 3 is 2.52 bits per heavy atom. The molecule has 0 spiro atoms. The van der Waals surface area contributed by atoms with Gasteiger partial charge < -0.3 is 14.7 Å². The van der Waals surface area contributed by atoms with E-state index < -0.39 is 0 Å². The molecule has 0 saturated heterocycles. The van der Waals surface area contributed by atoms with Crippen LogP contribution in [0.2, 0.25) is 0 Å². The third kappa shape index (κ3) is 4.84. The van der Waals surface area contributed by atoms with Crippen LogP contribution in [-0.2, 0) is 6.42 Å². The Labute approximate surface area is 128 Å². The van der Waals surface area contributed by atoms with Crippen LogP contribution >= 0.6 is 0 Å². The fraction of sp³-hybridized carbons (Fsp3) is 0.750. The quantitative estimate of drug-likeness (QED) is 0.801. The summed E-state index contributed by atoms with van der Waals surface area (Å²) in [5.41, 5.74) is 1.33. The van der Waals surface area contributed by atoms with Crippen molar-refractivity contribution in [3.8, 4) is 0 Å². The van der Waals surface area contributed by atoms with E-state index in [4.69, 9.17) is 4.52 Å². The Morgan fingerprint density at radius 1 is 1.38 bits per heavy atom. The lowest BCUT2D eigenvalue weighted by atomic mass is 9.85. The van der Waals surface area contributed by atoms with E-state index in [1.165, 1.54) is 0 Å². The van der Waals surface area contributed by atoms with Gasteiger partial charge in [0, 0.05) is 25.1 Å². The summed E-state index contributed by atoms with van der Waals surface area (Å²) < 4.78 is 5.19. The van der Waals surface area contributed by atoms with Crippen molar-refractivity contribution in [1.82, 2.24) is 15.4 Å². The number of amides is 1. The lowest BCUT2D eigenvalue weighted by molar-refractivity contribution is 0.0909. The van der Waals surface area contributed by atoms with Crippen LogP contribution in [0.3, 0.4) is 0 Å². The van der Waals surface area contributed by atoms with E-state index in [9.17, 15) is 4.79 Å². The number of hydrogen-bond donors (Lipinski definition) is 1. The maximum Gasteiger partial charge on any atom is 0.273 e. The molecule has 120 valence electrons. The average molecular weight is 295 g/mol. The van der Waals surface area contributed by atoms with Crippen LogP contribution in [0.5, 0.6) is 0 Å². The molecule has 0 aliphatic rings. The van der Waals surface area contributed by atoms with Crippen LogP contribution in [-0.4, -0.2) is 43.1 Å². The van der Waals surface area contributed by atoms with E-state index in [1.54, 1.807) is 0 Å². The fourth-order valence-electron chi connectivity index (χ4n) is 2.88.